The summed E-state index contributed by atoms with van der Waals surface area (Å²) in [4.78, 5) is 30.1. The van der Waals surface area contributed by atoms with Crippen molar-refractivity contribution in [3.63, 3.8) is 0 Å². The Balaban J connectivity index is 2.32. The van der Waals surface area contributed by atoms with Crippen LogP contribution in [0.25, 0.3) is 11.3 Å². The maximum Gasteiger partial charge on any atom is 0.328 e. The number of hydrogen-bond donors (Lipinski definition) is 4. The molecule has 1 unspecified atom stereocenters. The number of anilines is 1. The van der Waals surface area contributed by atoms with E-state index >= 15 is 0 Å². The minimum atomic E-state index is -0.834. The number of amides is 1. The number of carbonyl (C=O) groups excluding carboxylic acids is 2. The average Bonchev–Trinajstić information content (AvgIpc) is 2.89. The van der Waals surface area contributed by atoms with Crippen molar-refractivity contribution >= 4 is 42.0 Å². The summed E-state index contributed by atoms with van der Waals surface area (Å²) in [5.74, 6) is 0.664. The van der Waals surface area contributed by atoms with E-state index in [2.05, 4.69) is 23.3 Å². The summed E-state index contributed by atoms with van der Waals surface area (Å²) in [6.07, 6.45) is 2.74. The van der Waals surface area contributed by atoms with Crippen LogP contribution >= 0.6 is 24.4 Å². The van der Waals surface area contributed by atoms with E-state index in [1.165, 1.54) is 7.11 Å². The van der Waals surface area contributed by atoms with Crippen molar-refractivity contribution in [3.05, 3.63) is 42.5 Å². The molecule has 2 aromatic rings. The Hall–Kier alpha value is -2.43. The van der Waals surface area contributed by atoms with E-state index in [1.54, 1.807) is 11.8 Å². The van der Waals surface area contributed by atoms with Crippen molar-refractivity contribution in [1.82, 2.24) is 10.3 Å². The zero-order valence-electron chi connectivity index (χ0n) is 20.5. The number of pyridine rings is 1. The van der Waals surface area contributed by atoms with E-state index in [9.17, 15) is 9.59 Å². The molecule has 1 amide bonds. The van der Waals surface area contributed by atoms with E-state index in [-0.39, 0.29) is 11.9 Å². The number of rotatable bonds is 15. The quantitative estimate of drug-likeness (QED) is 0.209. The number of nitrogens with zero attached hydrogens (tertiary/aromatic N) is 1. The second-order valence-corrected chi connectivity index (χ2v) is 9.35. The number of ether oxygens (including phenoxy) is 2. The molecule has 0 saturated carbocycles. The third kappa shape index (κ3) is 9.27. The van der Waals surface area contributed by atoms with Crippen molar-refractivity contribution in [2.75, 3.05) is 36.7 Å². The molecule has 0 aliphatic carbocycles. The fourth-order valence-electron chi connectivity index (χ4n) is 3.27. The highest BCUT2D eigenvalue weighted by atomic mass is 32.2. The van der Waals surface area contributed by atoms with Crippen LogP contribution in [0.1, 0.15) is 26.2 Å². The number of hydrogen-bond acceptors (Lipinski definition) is 9. The molecule has 2 rings (SSSR count). The number of nitrogens with one attached hydrogen (secondary N) is 2. The summed E-state index contributed by atoms with van der Waals surface area (Å²) in [5.41, 5.74) is 8.28. The van der Waals surface area contributed by atoms with Gasteiger partial charge in [-0.3, -0.25) is 4.79 Å². The predicted octanol–water partition coefficient (Wildman–Crippen LogP) is 3.38. The van der Waals surface area contributed by atoms with Gasteiger partial charge in [0.25, 0.3) is 5.91 Å². The number of carbonyl (C=O) groups is 2. The van der Waals surface area contributed by atoms with Gasteiger partial charge in [0, 0.05) is 23.9 Å². The summed E-state index contributed by atoms with van der Waals surface area (Å²) in [5, 5.41) is 6.06. The van der Waals surface area contributed by atoms with Crippen molar-refractivity contribution in [2.24, 2.45) is 5.73 Å². The molecule has 0 saturated heterocycles. The molecule has 0 aliphatic rings. The Kier molecular flexibility index (Phi) is 12.8. The fraction of sp³-hybridized carbons (Fsp3) is 0.480. The minimum Gasteiger partial charge on any atom is -0.467 e. The van der Waals surface area contributed by atoms with Crippen molar-refractivity contribution in [3.8, 4) is 17.1 Å². The van der Waals surface area contributed by atoms with Crippen molar-refractivity contribution in [2.45, 2.75) is 44.4 Å². The zero-order chi connectivity index (χ0) is 25.6. The lowest BCUT2D eigenvalue weighted by molar-refractivity contribution is -0.146. The molecule has 0 spiro atoms. The molecule has 35 heavy (non-hydrogen) atoms. The van der Waals surface area contributed by atoms with Gasteiger partial charge in [-0.1, -0.05) is 43.7 Å². The molecule has 4 N–H and O–H groups in total. The second kappa shape index (κ2) is 15.5. The molecule has 3 atom stereocenters. The van der Waals surface area contributed by atoms with Gasteiger partial charge in [-0.15, -0.1) is 0 Å². The molecule has 10 heteroatoms. The summed E-state index contributed by atoms with van der Waals surface area (Å²) in [6.45, 7) is 2.43. The van der Waals surface area contributed by atoms with Crippen LogP contribution in [0, 0.1) is 0 Å². The van der Waals surface area contributed by atoms with E-state index in [0.29, 0.717) is 54.6 Å². The molecule has 0 aliphatic heterocycles. The molecule has 1 aromatic carbocycles. The van der Waals surface area contributed by atoms with Crippen LogP contribution in [0.5, 0.6) is 5.88 Å². The Morgan fingerprint density at radius 1 is 1.17 bits per heavy atom. The van der Waals surface area contributed by atoms with E-state index < -0.39 is 18.1 Å². The second-order valence-electron chi connectivity index (χ2n) is 8.00. The van der Waals surface area contributed by atoms with Crippen LogP contribution in [0.2, 0.25) is 0 Å². The van der Waals surface area contributed by atoms with Gasteiger partial charge in [-0.05, 0) is 37.0 Å². The Morgan fingerprint density at radius 3 is 2.54 bits per heavy atom. The molecule has 0 bridgehead atoms. The first-order valence-corrected chi connectivity index (χ1v) is 13.7. The first-order valence-electron chi connectivity index (χ1n) is 11.6. The summed E-state index contributed by atoms with van der Waals surface area (Å²) in [6, 6.07) is 12.6. The minimum absolute atomic E-state index is 0.160. The lowest BCUT2D eigenvalue weighted by Gasteiger charge is -2.23. The van der Waals surface area contributed by atoms with Crippen molar-refractivity contribution in [1.29, 1.82) is 0 Å². The van der Waals surface area contributed by atoms with E-state index in [4.69, 9.17) is 20.2 Å². The molecule has 192 valence electrons. The number of benzene rings is 1. The molecule has 1 aromatic heterocycles. The Labute approximate surface area is 217 Å². The molecular formula is C25H36N4O4S2. The predicted molar refractivity (Wildman–Crippen MR) is 146 cm³/mol. The maximum absolute atomic E-state index is 13.2. The molecule has 8 nitrogen and oxygen atoms in total. The number of methoxy groups -OCH3 is 1. The lowest BCUT2D eigenvalue weighted by Crippen LogP contribution is -2.48. The monoisotopic (exact) mass is 520 g/mol. The summed E-state index contributed by atoms with van der Waals surface area (Å²) >= 11 is 5.83. The van der Waals surface area contributed by atoms with Gasteiger partial charge in [0.2, 0.25) is 5.88 Å². The molecular weight excluding hydrogens is 484 g/mol. The number of thioether (sulfide) groups is 1. The van der Waals surface area contributed by atoms with Gasteiger partial charge < -0.3 is 25.8 Å². The van der Waals surface area contributed by atoms with Gasteiger partial charge >= 0.3 is 5.97 Å². The topological polar surface area (TPSA) is 116 Å². The van der Waals surface area contributed by atoms with Gasteiger partial charge in [-0.2, -0.15) is 24.4 Å². The number of nitrogens with two attached hydrogens (primary N) is 1. The normalized spacial score (nSPS) is 13.4. The molecule has 0 fully saturated rings. The van der Waals surface area contributed by atoms with Crippen LogP contribution in [0.3, 0.4) is 0 Å². The number of esters is 1. The maximum atomic E-state index is 13.2. The lowest BCUT2D eigenvalue weighted by atomic mass is 10.1. The SMILES string of the molecule is CCC[C@@H](Oc1nc(-c2ccccc2)ccc1NCC(N)CS)C(=O)N[C@@H](CCSC)C(=O)OC. The van der Waals surface area contributed by atoms with E-state index in [0.717, 1.165) is 5.56 Å². The molecule has 1 heterocycles. The van der Waals surface area contributed by atoms with Gasteiger partial charge in [0.1, 0.15) is 6.04 Å². The van der Waals surface area contributed by atoms with Crippen LogP contribution in [0.4, 0.5) is 5.69 Å². The Bertz CT molecular complexity index is 933. The first-order chi connectivity index (χ1) is 16.9. The Morgan fingerprint density at radius 2 is 1.91 bits per heavy atom. The fourth-order valence-corrected chi connectivity index (χ4v) is 3.87. The van der Waals surface area contributed by atoms with Gasteiger partial charge in [0.05, 0.1) is 18.5 Å². The van der Waals surface area contributed by atoms with E-state index in [1.807, 2.05) is 55.6 Å². The smallest absolute Gasteiger partial charge is 0.328 e. The largest absolute Gasteiger partial charge is 0.467 e. The van der Waals surface area contributed by atoms with Crippen LogP contribution in [-0.4, -0.2) is 66.5 Å². The average molecular weight is 521 g/mol. The summed E-state index contributed by atoms with van der Waals surface area (Å²) in [7, 11) is 1.31. The highest BCUT2D eigenvalue weighted by Gasteiger charge is 2.28. The highest BCUT2D eigenvalue weighted by molar-refractivity contribution is 7.98. The number of aromatic nitrogens is 1. The summed E-state index contributed by atoms with van der Waals surface area (Å²) < 4.78 is 11.1. The highest BCUT2D eigenvalue weighted by Crippen LogP contribution is 2.28. The molecule has 0 radical (unpaired) electrons. The first kappa shape index (κ1) is 28.8. The standard InChI is InChI=1S/C25H36N4O4S2/c1-4-8-22(23(30)28-21(13-14-35-3)25(31)32-2)33-24-20(27-15-18(26)16-34)12-11-19(29-24)17-9-6-5-7-10-17/h5-7,9-12,18,21-22,27,34H,4,8,13-16,26H2,1-3H3,(H,28,30)/t18?,21-,22+/m0/s1. The number of thiol groups is 1. The third-order valence-electron chi connectivity index (χ3n) is 5.23. The van der Waals surface area contributed by atoms with Crippen LogP contribution in [-0.2, 0) is 14.3 Å². The van der Waals surface area contributed by atoms with Gasteiger partial charge in [-0.25, -0.2) is 9.78 Å². The van der Waals surface area contributed by atoms with Crippen molar-refractivity contribution < 1.29 is 19.1 Å². The van der Waals surface area contributed by atoms with Gasteiger partial charge in [0.15, 0.2) is 6.10 Å². The third-order valence-corrected chi connectivity index (χ3v) is 6.34. The zero-order valence-corrected chi connectivity index (χ0v) is 22.2. The van der Waals surface area contributed by atoms with Crippen LogP contribution in [0.15, 0.2) is 42.5 Å². The van der Waals surface area contributed by atoms with Crippen LogP contribution < -0.4 is 21.1 Å².